The Morgan fingerprint density at radius 3 is 1.05 bits per heavy atom. The summed E-state index contributed by atoms with van der Waals surface area (Å²) in [5.74, 6) is 3.63. The topological polar surface area (TPSA) is 129 Å². The van der Waals surface area contributed by atoms with Crippen molar-refractivity contribution >= 4 is 22.1 Å². The minimum atomic E-state index is 0.579. The summed E-state index contributed by atoms with van der Waals surface area (Å²) in [6.45, 7) is 0. The lowest BCUT2D eigenvalue weighted by molar-refractivity contribution is 1.07. The van der Waals surface area contributed by atoms with Gasteiger partial charge in [0.25, 0.3) is 0 Å². The standard InChI is InChI=1S/C76H48N10/c1-4-15-51(16-5-1)71-81-72(52-17-6-2-7-18-52)83-74(82-71)54-34-30-49(31-35-54)56-21-12-27-63(43-56)69-48-78-67-39-38-62(46-68(67)80-69)50-32-36-55(37-33-50)75-84-73(53-19-8-3-9-20-53)85-76(86-75)65-28-13-25-60(44-65)58-23-10-22-57(41-58)59-24-11-26-61(42-59)66-45-64-29-14-40-77-70(64)79-47-66/h1-48H. The average molecular weight is 1100 g/mol. The van der Waals surface area contributed by atoms with E-state index in [2.05, 4.69) is 174 Å². The SMILES string of the molecule is c1ccc(-c2nc(-c3ccccc3)nc(-c3ccc(-c4cccc(-c5cnc6ccc(-c7ccc(-c8nc(-c9ccccc9)nc(-c9cccc(-c%10cccc(-c%11cccc(-c%12cnc%13ncccc%13c%12)c%11)c%10)c9)n8)cc7)cc6n5)c4)cc3)n2)cc1. The van der Waals surface area contributed by atoms with E-state index in [1.54, 1.807) is 6.20 Å². The van der Waals surface area contributed by atoms with Crippen LogP contribution >= 0.6 is 0 Å². The van der Waals surface area contributed by atoms with Crippen molar-refractivity contribution < 1.29 is 0 Å². The molecule has 10 aromatic carbocycles. The van der Waals surface area contributed by atoms with Gasteiger partial charge in [-0.15, -0.1) is 0 Å². The van der Waals surface area contributed by atoms with E-state index in [4.69, 9.17) is 39.9 Å². The third-order valence-corrected chi connectivity index (χ3v) is 15.3. The molecule has 0 aliphatic heterocycles. The van der Waals surface area contributed by atoms with Crippen molar-refractivity contribution in [2.75, 3.05) is 0 Å². The van der Waals surface area contributed by atoms with E-state index in [0.717, 1.165) is 122 Å². The van der Waals surface area contributed by atoms with Crippen LogP contribution in [0.25, 0.3) is 157 Å². The van der Waals surface area contributed by atoms with Crippen LogP contribution in [-0.2, 0) is 0 Å². The van der Waals surface area contributed by atoms with Gasteiger partial charge in [-0.1, -0.05) is 218 Å². The molecule has 10 nitrogen and oxygen atoms in total. The lowest BCUT2D eigenvalue weighted by Gasteiger charge is -2.11. The van der Waals surface area contributed by atoms with Gasteiger partial charge in [0.15, 0.2) is 40.6 Å². The summed E-state index contributed by atoms with van der Waals surface area (Å²) in [5.41, 5.74) is 20.2. The number of pyridine rings is 2. The van der Waals surface area contributed by atoms with Gasteiger partial charge in [-0.25, -0.2) is 44.9 Å². The van der Waals surface area contributed by atoms with Crippen molar-refractivity contribution in [1.29, 1.82) is 0 Å². The van der Waals surface area contributed by atoms with Crippen molar-refractivity contribution in [2.24, 2.45) is 0 Å². The van der Waals surface area contributed by atoms with Gasteiger partial charge in [-0.2, -0.15) is 0 Å². The Labute approximate surface area is 496 Å². The summed E-state index contributed by atoms with van der Waals surface area (Å²) < 4.78 is 0. The van der Waals surface area contributed by atoms with Crippen molar-refractivity contribution in [1.82, 2.24) is 49.8 Å². The molecule has 15 rings (SSSR count). The Bertz CT molecular complexity index is 4920. The minimum absolute atomic E-state index is 0.579. The number of aromatic nitrogens is 10. The van der Waals surface area contributed by atoms with Crippen LogP contribution in [0.1, 0.15) is 0 Å². The van der Waals surface area contributed by atoms with E-state index >= 15 is 0 Å². The predicted octanol–water partition coefficient (Wildman–Crippen LogP) is 17.9. The lowest BCUT2D eigenvalue weighted by Crippen LogP contribution is -2.00. The first-order valence-electron chi connectivity index (χ1n) is 28.3. The molecule has 0 aliphatic carbocycles. The molecular weight excluding hydrogens is 1050 g/mol. The van der Waals surface area contributed by atoms with Gasteiger partial charge in [0.1, 0.15) is 0 Å². The predicted molar refractivity (Wildman–Crippen MR) is 345 cm³/mol. The Morgan fingerprint density at radius 1 is 0.186 bits per heavy atom. The first kappa shape index (κ1) is 51.0. The van der Waals surface area contributed by atoms with Crippen LogP contribution in [0.5, 0.6) is 0 Å². The molecule has 0 bridgehead atoms. The zero-order chi connectivity index (χ0) is 57.2. The molecule has 0 saturated heterocycles. The highest BCUT2D eigenvalue weighted by molar-refractivity contribution is 5.86. The summed E-state index contributed by atoms with van der Waals surface area (Å²) in [6.07, 6.45) is 5.51. The van der Waals surface area contributed by atoms with Gasteiger partial charge >= 0.3 is 0 Å². The molecule has 0 saturated carbocycles. The van der Waals surface area contributed by atoms with Gasteiger partial charge in [0.05, 0.1) is 22.9 Å². The van der Waals surface area contributed by atoms with Crippen molar-refractivity contribution in [3.63, 3.8) is 0 Å². The highest BCUT2D eigenvalue weighted by Crippen LogP contribution is 2.35. The molecule has 0 spiro atoms. The smallest absolute Gasteiger partial charge is 0.164 e. The highest BCUT2D eigenvalue weighted by atomic mass is 15.0. The summed E-state index contributed by atoms with van der Waals surface area (Å²) in [5, 5.41) is 1.01. The van der Waals surface area contributed by atoms with Gasteiger partial charge < -0.3 is 0 Å². The van der Waals surface area contributed by atoms with Gasteiger partial charge in [-0.3, -0.25) is 4.98 Å². The van der Waals surface area contributed by atoms with Crippen molar-refractivity contribution in [3.05, 3.63) is 292 Å². The number of hydrogen-bond acceptors (Lipinski definition) is 10. The summed E-state index contributed by atoms with van der Waals surface area (Å²) >= 11 is 0. The van der Waals surface area contributed by atoms with Crippen LogP contribution in [0.15, 0.2) is 292 Å². The molecule has 0 radical (unpaired) electrons. The second kappa shape index (κ2) is 22.5. The number of nitrogens with zero attached hydrogens (tertiary/aromatic N) is 10. The molecule has 0 aliphatic rings. The maximum absolute atomic E-state index is 5.18. The lowest BCUT2D eigenvalue weighted by atomic mass is 9.96. The molecule has 86 heavy (non-hydrogen) atoms. The molecule has 0 atom stereocenters. The van der Waals surface area contributed by atoms with Gasteiger partial charge in [0.2, 0.25) is 0 Å². The van der Waals surface area contributed by atoms with Crippen LogP contribution in [0.2, 0.25) is 0 Å². The molecule has 0 N–H and O–H groups in total. The second-order valence-electron chi connectivity index (χ2n) is 20.9. The van der Waals surface area contributed by atoms with Crippen molar-refractivity contribution in [2.45, 2.75) is 0 Å². The molecule has 10 heteroatoms. The second-order valence-corrected chi connectivity index (χ2v) is 20.9. The molecule has 0 unspecified atom stereocenters. The molecule has 0 fully saturated rings. The highest BCUT2D eigenvalue weighted by Gasteiger charge is 2.17. The third kappa shape index (κ3) is 10.5. The number of rotatable bonds is 12. The average Bonchev–Trinajstić information content (AvgIpc) is 3.03. The summed E-state index contributed by atoms with van der Waals surface area (Å²) in [6, 6.07) is 93.3. The fraction of sp³-hybridized carbons (Fsp3) is 0. The number of fused-ring (bicyclic) bond motifs is 2. The van der Waals surface area contributed by atoms with E-state index in [0.29, 0.717) is 34.9 Å². The van der Waals surface area contributed by atoms with E-state index in [1.165, 1.54) is 0 Å². The molecular formula is C76H48N10. The van der Waals surface area contributed by atoms with Crippen LogP contribution in [0.4, 0.5) is 0 Å². The minimum Gasteiger partial charge on any atom is -0.252 e. The maximum atomic E-state index is 5.18. The molecule has 402 valence electrons. The van der Waals surface area contributed by atoms with Crippen molar-refractivity contribution in [3.8, 4) is 135 Å². The van der Waals surface area contributed by atoms with E-state index in [-0.39, 0.29) is 0 Å². The van der Waals surface area contributed by atoms with E-state index in [9.17, 15) is 0 Å². The molecule has 15 aromatic rings. The normalized spacial score (nSPS) is 11.3. The monoisotopic (exact) mass is 1100 g/mol. The molecule has 5 aromatic heterocycles. The largest absolute Gasteiger partial charge is 0.252 e. The quantitative estimate of drug-likeness (QED) is 0.117. The molecule has 0 amide bonds. The van der Waals surface area contributed by atoms with E-state index in [1.807, 2.05) is 122 Å². The maximum Gasteiger partial charge on any atom is 0.164 e. The van der Waals surface area contributed by atoms with Crippen LogP contribution < -0.4 is 0 Å². The van der Waals surface area contributed by atoms with Crippen LogP contribution in [0, 0.1) is 0 Å². The zero-order valence-corrected chi connectivity index (χ0v) is 46.2. The Morgan fingerprint density at radius 2 is 0.547 bits per heavy atom. The number of hydrogen-bond donors (Lipinski definition) is 0. The van der Waals surface area contributed by atoms with Gasteiger partial charge in [-0.05, 0) is 105 Å². The Balaban J connectivity index is 0.689. The zero-order valence-electron chi connectivity index (χ0n) is 46.2. The Kier molecular flexibility index (Phi) is 13.3. The third-order valence-electron chi connectivity index (χ3n) is 15.3. The number of benzene rings is 10. The summed E-state index contributed by atoms with van der Waals surface area (Å²) in [7, 11) is 0. The first-order valence-corrected chi connectivity index (χ1v) is 28.3. The van der Waals surface area contributed by atoms with Crippen LogP contribution in [-0.4, -0.2) is 49.8 Å². The first-order chi connectivity index (χ1) is 42.5. The Hall–Kier alpha value is -11.9. The fourth-order valence-corrected chi connectivity index (χ4v) is 10.8. The van der Waals surface area contributed by atoms with Gasteiger partial charge in [0, 0.05) is 62.3 Å². The molecule has 5 heterocycles. The van der Waals surface area contributed by atoms with E-state index < -0.39 is 0 Å². The summed E-state index contributed by atoms with van der Waals surface area (Å²) in [4.78, 5) is 49.1. The fourth-order valence-electron chi connectivity index (χ4n) is 10.8. The van der Waals surface area contributed by atoms with Crippen LogP contribution in [0.3, 0.4) is 0 Å².